The number of nitrogens with one attached hydrogen (secondary N) is 2. The van der Waals surface area contributed by atoms with Gasteiger partial charge in [-0.1, -0.05) is 12.1 Å². The first kappa shape index (κ1) is 18.9. The van der Waals surface area contributed by atoms with Crippen LogP contribution in [0, 0.1) is 11.3 Å². The van der Waals surface area contributed by atoms with Crippen molar-refractivity contribution < 1.29 is 19.1 Å². The van der Waals surface area contributed by atoms with Crippen LogP contribution >= 0.6 is 0 Å². The van der Waals surface area contributed by atoms with Crippen molar-refractivity contribution in [1.82, 2.24) is 10.9 Å². The molecular weight excluding hydrogens is 360 g/mol. The second kappa shape index (κ2) is 8.68. The van der Waals surface area contributed by atoms with Gasteiger partial charge in [-0.2, -0.15) is 5.26 Å². The van der Waals surface area contributed by atoms with Gasteiger partial charge in [0.1, 0.15) is 11.8 Å². The Morgan fingerprint density at radius 3 is 2.54 bits per heavy atom. The molecule has 0 unspecified atom stereocenters. The van der Waals surface area contributed by atoms with Crippen LogP contribution in [0.4, 0.5) is 5.69 Å². The van der Waals surface area contributed by atoms with Gasteiger partial charge in [0.05, 0.1) is 5.56 Å². The van der Waals surface area contributed by atoms with Gasteiger partial charge in [-0.15, -0.1) is 0 Å². The molecule has 2 aromatic rings. The molecule has 0 radical (unpaired) electrons. The molecule has 1 aliphatic rings. The van der Waals surface area contributed by atoms with E-state index in [2.05, 4.69) is 10.9 Å². The Bertz CT molecular complexity index is 934. The summed E-state index contributed by atoms with van der Waals surface area (Å²) in [6.45, 7) is 0.324. The molecule has 1 fully saturated rings. The van der Waals surface area contributed by atoms with E-state index < -0.39 is 11.8 Å². The maximum absolute atomic E-state index is 12.1. The third-order valence-corrected chi connectivity index (χ3v) is 4.20. The summed E-state index contributed by atoms with van der Waals surface area (Å²) in [7, 11) is 0. The number of para-hydroxylation sites is 1. The van der Waals surface area contributed by atoms with Crippen LogP contribution in [0.2, 0.25) is 0 Å². The smallest absolute Gasteiger partial charge is 0.276 e. The molecule has 142 valence electrons. The van der Waals surface area contributed by atoms with Crippen molar-refractivity contribution in [2.75, 3.05) is 18.1 Å². The van der Waals surface area contributed by atoms with Gasteiger partial charge in [-0.3, -0.25) is 25.2 Å². The van der Waals surface area contributed by atoms with E-state index in [1.165, 1.54) is 0 Å². The van der Waals surface area contributed by atoms with Crippen LogP contribution in [-0.2, 0) is 9.59 Å². The fourth-order valence-corrected chi connectivity index (χ4v) is 2.78. The molecule has 0 aliphatic carbocycles. The van der Waals surface area contributed by atoms with E-state index in [-0.39, 0.29) is 12.5 Å². The van der Waals surface area contributed by atoms with Crippen molar-refractivity contribution in [3.63, 3.8) is 0 Å². The minimum Gasteiger partial charge on any atom is -0.482 e. The van der Waals surface area contributed by atoms with Crippen LogP contribution < -0.4 is 20.5 Å². The number of nitriles is 1. The number of amides is 3. The largest absolute Gasteiger partial charge is 0.482 e. The van der Waals surface area contributed by atoms with Gasteiger partial charge in [-0.25, -0.2) is 0 Å². The molecule has 1 heterocycles. The molecule has 0 aromatic heterocycles. The summed E-state index contributed by atoms with van der Waals surface area (Å²) in [6, 6.07) is 15.1. The summed E-state index contributed by atoms with van der Waals surface area (Å²) in [4.78, 5) is 37.4. The minimum absolute atomic E-state index is 0.0717. The summed E-state index contributed by atoms with van der Waals surface area (Å²) in [6.07, 6.45) is 1.36. The highest BCUT2D eigenvalue weighted by Gasteiger charge is 2.21. The van der Waals surface area contributed by atoms with Crippen LogP contribution in [0.5, 0.6) is 5.75 Å². The molecule has 2 aromatic carbocycles. The summed E-state index contributed by atoms with van der Waals surface area (Å²) < 4.78 is 5.29. The zero-order valence-electron chi connectivity index (χ0n) is 15.0. The van der Waals surface area contributed by atoms with Gasteiger partial charge in [0.15, 0.2) is 6.61 Å². The highest BCUT2D eigenvalue weighted by Crippen LogP contribution is 2.21. The van der Waals surface area contributed by atoms with Crippen molar-refractivity contribution in [3.8, 4) is 11.8 Å². The van der Waals surface area contributed by atoms with E-state index in [0.717, 1.165) is 12.1 Å². The van der Waals surface area contributed by atoms with E-state index in [1.54, 1.807) is 53.4 Å². The molecule has 0 atom stereocenters. The van der Waals surface area contributed by atoms with E-state index >= 15 is 0 Å². The average Bonchev–Trinajstić information content (AvgIpc) is 3.16. The number of hydrazine groups is 1. The van der Waals surface area contributed by atoms with Crippen LogP contribution in [0.1, 0.15) is 28.8 Å². The van der Waals surface area contributed by atoms with Gasteiger partial charge in [0.2, 0.25) is 5.91 Å². The van der Waals surface area contributed by atoms with Crippen LogP contribution in [0.3, 0.4) is 0 Å². The Labute approximate surface area is 161 Å². The first-order chi connectivity index (χ1) is 13.6. The monoisotopic (exact) mass is 378 g/mol. The van der Waals surface area contributed by atoms with Gasteiger partial charge in [0.25, 0.3) is 11.8 Å². The molecule has 3 amide bonds. The minimum atomic E-state index is -0.569. The molecule has 3 rings (SSSR count). The summed E-state index contributed by atoms with van der Waals surface area (Å²) in [5.41, 5.74) is 5.95. The van der Waals surface area contributed by atoms with Gasteiger partial charge in [0, 0.05) is 24.2 Å². The topological polar surface area (TPSA) is 112 Å². The van der Waals surface area contributed by atoms with Crippen molar-refractivity contribution in [2.45, 2.75) is 12.8 Å². The highest BCUT2D eigenvalue weighted by molar-refractivity contribution is 5.98. The van der Waals surface area contributed by atoms with Gasteiger partial charge in [-0.05, 0) is 42.8 Å². The fourth-order valence-electron chi connectivity index (χ4n) is 2.78. The SMILES string of the molecule is N#Cc1ccccc1OCC(=O)NNC(=O)c1ccc(N2CCCC2=O)cc1. The van der Waals surface area contributed by atoms with Crippen molar-refractivity contribution >= 4 is 23.4 Å². The van der Waals surface area contributed by atoms with E-state index in [4.69, 9.17) is 10.00 Å². The van der Waals surface area contributed by atoms with E-state index in [0.29, 0.717) is 29.8 Å². The number of ether oxygens (including phenoxy) is 1. The first-order valence-corrected chi connectivity index (χ1v) is 8.70. The summed E-state index contributed by atoms with van der Waals surface area (Å²) in [5, 5.41) is 8.98. The number of rotatable bonds is 5. The van der Waals surface area contributed by atoms with Crippen LogP contribution in [0.15, 0.2) is 48.5 Å². The first-order valence-electron chi connectivity index (χ1n) is 8.70. The van der Waals surface area contributed by atoms with Crippen molar-refractivity contribution in [1.29, 1.82) is 5.26 Å². The highest BCUT2D eigenvalue weighted by atomic mass is 16.5. The molecule has 2 N–H and O–H groups in total. The van der Waals surface area contributed by atoms with E-state index in [9.17, 15) is 14.4 Å². The summed E-state index contributed by atoms with van der Waals surface area (Å²) >= 11 is 0. The lowest BCUT2D eigenvalue weighted by atomic mass is 10.2. The third-order valence-electron chi connectivity index (χ3n) is 4.20. The zero-order chi connectivity index (χ0) is 19.9. The maximum Gasteiger partial charge on any atom is 0.276 e. The third kappa shape index (κ3) is 4.45. The average molecular weight is 378 g/mol. The van der Waals surface area contributed by atoms with Crippen molar-refractivity contribution in [2.24, 2.45) is 0 Å². The fraction of sp³-hybridized carbons (Fsp3) is 0.200. The molecule has 8 heteroatoms. The Morgan fingerprint density at radius 1 is 1.11 bits per heavy atom. The number of nitrogens with zero attached hydrogens (tertiary/aromatic N) is 2. The van der Waals surface area contributed by atoms with Crippen LogP contribution in [-0.4, -0.2) is 30.9 Å². The quantitative estimate of drug-likeness (QED) is 0.767. The number of hydrogen-bond donors (Lipinski definition) is 2. The second-order valence-corrected chi connectivity index (χ2v) is 6.09. The number of anilines is 1. The Kier molecular flexibility index (Phi) is 5.87. The predicted molar refractivity (Wildman–Crippen MR) is 100 cm³/mol. The zero-order valence-corrected chi connectivity index (χ0v) is 15.0. The number of carbonyl (C=O) groups is 3. The molecule has 0 spiro atoms. The van der Waals surface area contributed by atoms with Crippen LogP contribution in [0.25, 0.3) is 0 Å². The Balaban J connectivity index is 1.49. The molecule has 1 aliphatic heterocycles. The summed E-state index contributed by atoms with van der Waals surface area (Å²) in [5.74, 6) is -0.702. The predicted octanol–water partition coefficient (Wildman–Crippen LogP) is 1.53. The van der Waals surface area contributed by atoms with E-state index in [1.807, 2.05) is 6.07 Å². The lowest BCUT2D eigenvalue weighted by Crippen LogP contribution is -2.43. The standard InChI is InChI=1S/C20H18N4O4/c21-12-15-4-1-2-5-17(15)28-13-18(25)22-23-20(27)14-7-9-16(10-8-14)24-11-3-6-19(24)26/h1-2,4-5,7-10H,3,6,11,13H2,(H,22,25)(H,23,27). The molecule has 0 saturated carbocycles. The molecule has 8 nitrogen and oxygen atoms in total. The maximum atomic E-state index is 12.1. The Morgan fingerprint density at radius 2 is 1.86 bits per heavy atom. The number of benzene rings is 2. The van der Waals surface area contributed by atoms with Crippen molar-refractivity contribution in [3.05, 3.63) is 59.7 Å². The molecule has 28 heavy (non-hydrogen) atoms. The molecular formula is C20H18N4O4. The normalized spacial score (nSPS) is 13.0. The van der Waals surface area contributed by atoms with Gasteiger partial charge >= 0.3 is 0 Å². The molecule has 1 saturated heterocycles. The lowest BCUT2D eigenvalue weighted by molar-refractivity contribution is -0.123. The second-order valence-electron chi connectivity index (χ2n) is 6.09. The molecule has 0 bridgehead atoms. The Hall–Kier alpha value is -3.86. The van der Waals surface area contributed by atoms with Gasteiger partial charge < -0.3 is 9.64 Å². The number of carbonyl (C=O) groups excluding carboxylic acids is 3. The number of hydrogen-bond acceptors (Lipinski definition) is 5. The lowest BCUT2D eigenvalue weighted by Gasteiger charge is -2.16.